The van der Waals surface area contributed by atoms with Gasteiger partial charge in [0.25, 0.3) is 0 Å². The molecule has 404 valence electrons. The van der Waals surface area contributed by atoms with Crippen molar-refractivity contribution in [3.8, 4) is 0 Å². The normalized spacial score (nSPS) is 13.5. The Morgan fingerprint density at radius 2 is 0.562 bits per heavy atom. The third-order valence-corrected chi connectivity index (χ3v) is 10.9. The maximum absolute atomic E-state index is 12.8. The first-order valence-corrected chi connectivity index (χ1v) is 28.3. The van der Waals surface area contributed by atoms with Crippen LogP contribution >= 0.6 is 0 Å². The summed E-state index contributed by atoms with van der Waals surface area (Å²) < 4.78 is 16.6. The van der Waals surface area contributed by atoms with Crippen LogP contribution in [0.15, 0.2) is 182 Å². The molecule has 0 N–H and O–H groups in total. The van der Waals surface area contributed by atoms with Crippen molar-refractivity contribution in [2.45, 2.75) is 207 Å². The number of carbonyl (C=O) groups excluding carboxylic acids is 3. The third-order valence-electron chi connectivity index (χ3n) is 10.9. The van der Waals surface area contributed by atoms with Crippen molar-refractivity contribution in [1.29, 1.82) is 0 Å². The quantitative estimate of drug-likeness (QED) is 0.0262. The first-order chi connectivity index (χ1) is 36.0. The lowest BCUT2D eigenvalue weighted by atomic mass is 10.1. The van der Waals surface area contributed by atoms with Gasteiger partial charge in [0.05, 0.1) is 6.42 Å². The molecule has 0 aliphatic carbocycles. The van der Waals surface area contributed by atoms with Crippen LogP contribution in [-0.4, -0.2) is 37.2 Å². The second kappa shape index (κ2) is 59.1. The van der Waals surface area contributed by atoms with E-state index < -0.39 is 18.0 Å². The number of allylic oxidation sites excluding steroid dienone is 29. The van der Waals surface area contributed by atoms with Gasteiger partial charge in [0, 0.05) is 12.8 Å². The van der Waals surface area contributed by atoms with Crippen LogP contribution in [-0.2, 0) is 28.6 Å². The summed E-state index contributed by atoms with van der Waals surface area (Å²) in [6.07, 6.45) is 89.3. The van der Waals surface area contributed by atoms with Gasteiger partial charge in [-0.1, -0.05) is 242 Å². The maximum Gasteiger partial charge on any atom is 0.310 e. The minimum absolute atomic E-state index is 0.0707. The molecule has 73 heavy (non-hydrogen) atoms. The molecule has 0 radical (unpaired) electrons. The SMILES string of the molecule is CC/C=C\C/C=C\C/C=C\C/C=C\C/C=C\C/C=C\CCCCCCCCCCC(=O)OCC(COC(=O)CC/C=C\C/C=C\C/C=C\C/C=C\CC)OC(=O)C/C=C\C/C=C\C/C=C\C/C=C\C/C=C\CC. The fourth-order valence-corrected chi connectivity index (χ4v) is 6.83. The zero-order valence-corrected chi connectivity index (χ0v) is 46.1. The molecule has 1 atom stereocenters. The molecule has 0 aromatic heterocycles. The van der Waals surface area contributed by atoms with Gasteiger partial charge in [0.1, 0.15) is 13.2 Å². The number of ether oxygens (including phenoxy) is 3. The molecule has 0 spiro atoms. The summed E-state index contributed by atoms with van der Waals surface area (Å²) in [7, 11) is 0. The third kappa shape index (κ3) is 57.3. The minimum Gasteiger partial charge on any atom is -0.462 e. The second-order valence-corrected chi connectivity index (χ2v) is 17.7. The van der Waals surface area contributed by atoms with E-state index in [0.29, 0.717) is 19.3 Å². The summed E-state index contributed by atoms with van der Waals surface area (Å²) in [6.45, 7) is 6.11. The van der Waals surface area contributed by atoms with Gasteiger partial charge in [0.15, 0.2) is 6.10 Å². The van der Waals surface area contributed by atoms with E-state index in [4.69, 9.17) is 14.2 Å². The number of hydrogen-bond donors (Lipinski definition) is 0. The van der Waals surface area contributed by atoms with Gasteiger partial charge in [-0.25, -0.2) is 0 Å². The maximum atomic E-state index is 12.8. The highest BCUT2D eigenvalue weighted by atomic mass is 16.6. The summed E-state index contributed by atoms with van der Waals surface area (Å²) in [6, 6.07) is 0. The smallest absolute Gasteiger partial charge is 0.310 e. The molecule has 0 aromatic carbocycles. The van der Waals surface area contributed by atoms with Gasteiger partial charge >= 0.3 is 17.9 Å². The number of unbranched alkanes of at least 4 members (excludes halogenated alkanes) is 8. The Balaban J connectivity index is 4.49. The number of hydrogen-bond acceptors (Lipinski definition) is 6. The molecule has 0 amide bonds. The van der Waals surface area contributed by atoms with Crippen LogP contribution in [0.1, 0.15) is 201 Å². The highest BCUT2D eigenvalue weighted by Crippen LogP contribution is 2.12. The van der Waals surface area contributed by atoms with E-state index in [1.54, 1.807) is 6.08 Å². The van der Waals surface area contributed by atoms with Gasteiger partial charge in [-0.15, -0.1) is 0 Å². The first kappa shape index (κ1) is 67.5. The Labute approximate surface area is 446 Å². The standard InChI is InChI=1S/C67H100O6/c1-4-7-10-13-16-19-22-25-27-28-29-30-31-32-33-34-35-36-37-38-40-42-45-48-51-54-57-60-66(69)72-63-64(62-71-65(68)59-56-53-50-47-44-41-24-21-18-15-12-9-6-3)73-67(70)61-58-55-52-49-46-43-39-26-23-20-17-14-11-8-5-2/h7-12,16-21,25-27,29-30,32-33,35-36,39,41,44,46,49-50,53,55,58,64H,4-6,13-15,22-24,28,31,34,37-38,40,42-43,45,47-48,51-52,54,56-57,59-63H2,1-3H3/b10-7-,11-8-,12-9-,19-16-,20-17-,21-18-,27-25-,30-29-,33-32-,36-35-,39-26-,44-41-,49-46-,53-50-,58-55-. The largest absolute Gasteiger partial charge is 0.462 e. The molecule has 0 aromatic rings. The van der Waals surface area contributed by atoms with Crippen LogP contribution in [0.4, 0.5) is 0 Å². The second-order valence-electron chi connectivity index (χ2n) is 17.7. The molecular weight excluding hydrogens is 901 g/mol. The summed E-state index contributed by atoms with van der Waals surface area (Å²) in [4.78, 5) is 38.0. The van der Waals surface area contributed by atoms with Crippen molar-refractivity contribution >= 4 is 17.9 Å². The van der Waals surface area contributed by atoms with Crippen LogP contribution < -0.4 is 0 Å². The number of rotatable bonds is 48. The molecule has 0 fully saturated rings. The molecule has 0 heterocycles. The molecule has 1 unspecified atom stereocenters. The monoisotopic (exact) mass is 1000 g/mol. The highest BCUT2D eigenvalue weighted by molar-refractivity contribution is 5.72. The Bertz CT molecular complexity index is 1770. The van der Waals surface area contributed by atoms with Crippen LogP contribution in [0.25, 0.3) is 0 Å². The Kier molecular flexibility index (Phi) is 54.6. The van der Waals surface area contributed by atoms with E-state index in [-0.39, 0.29) is 32.0 Å². The van der Waals surface area contributed by atoms with Gasteiger partial charge < -0.3 is 14.2 Å². The summed E-state index contributed by atoms with van der Waals surface area (Å²) >= 11 is 0. The predicted molar refractivity (Wildman–Crippen MR) is 315 cm³/mol. The average Bonchev–Trinajstić information content (AvgIpc) is 3.39. The van der Waals surface area contributed by atoms with Crippen LogP contribution in [0.5, 0.6) is 0 Å². The molecule has 0 aliphatic heterocycles. The van der Waals surface area contributed by atoms with Crippen molar-refractivity contribution in [1.82, 2.24) is 0 Å². The average molecular weight is 1000 g/mol. The fourth-order valence-electron chi connectivity index (χ4n) is 6.83. The molecular formula is C67H100O6. The minimum atomic E-state index is -0.875. The Morgan fingerprint density at radius 3 is 0.918 bits per heavy atom. The summed E-state index contributed by atoms with van der Waals surface area (Å²) in [5.41, 5.74) is 0. The van der Waals surface area contributed by atoms with E-state index in [2.05, 4.69) is 179 Å². The van der Waals surface area contributed by atoms with Crippen molar-refractivity contribution in [3.05, 3.63) is 182 Å². The molecule has 0 bridgehead atoms. The summed E-state index contributed by atoms with van der Waals surface area (Å²) in [5.74, 6) is -1.19. The predicted octanol–water partition coefficient (Wildman–Crippen LogP) is 19.3. The zero-order valence-electron chi connectivity index (χ0n) is 46.1. The topological polar surface area (TPSA) is 78.9 Å². The Morgan fingerprint density at radius 1 is 0.288 bits per heavy atom. The van der Waals surface area contributed by atoms with Crippen molar-refractivity contribution in [2.75, 3.05) is 13.2 Å². The van der Waals surface area contributed by atoms with Crippen molar-refractivity contribution in [2.24, 2.45) is 0 Å². The van der Waals surface area contributed by atoms with E-state index >= 15 is 0 Å². The molecule has 0 rings (SSSR count). The van der Waals surface area contributed by atoms with Gasteiger partial charge in [-0.3, -0.25) is 14.4 Å². The number of esters is 3. The molecule has 6 nitrogen and oxygen atoms in total. The summed E-state index contributed by atoms with van der Waals surface area (Å²) in [5, 5.41) is 0. The van der Waals surface area contributed by atoms with E-state index in [9.17, 15) is 14.4 Å². The van der Waals surface area contributed by atoms with Crippen molar-refractivity contribution in [3.63, 3.8) is 0 Å². The lowest BCUT2D eigenvalue weighted by Gasteiger charge is -2.18. The van der Waals surface area contributed by atoms with E-state index in [1.807, 2.05) is 18.2 Å². The fraction of sp³-hybridized carbons (Fsp3) is 0.507. The van der Waals surface area contributed by atoms with E-state index in [1.165, 1.54) is 32.1 Å². The van der Waals surface area contributed by atoms with Crippen LogP contribution in [0, 0.1) is 0 Å². The first-order valence-electron chi connectivity index (χ1n) is 28.3. The molecule has 0 aliphatic rings. The van der Waals surface area contributed by atoms with E-state index in [0.717, 1.165) is 116 Å². The Hall–Kier alpha value is -5.49. The molecule has 6 heteroatoms. The van der Waals surface area contributed by atoms with Gasteiger partial charge in [-0.2, -0.15) is 0 Å². The van der Waals surface area contributed by atoms with Crippen molar-refractivity contribution < 1.29 is 28.6 Å². The highest BCUT2D eigenvalue weighted by Gasteiger charge is 2.19. The number of carbonyl (C=O) groups is 3. The molecule has 0 saturated heterocycles. The lowest BCUT2D eigenvalue weighted by Crippen LogP contribution is -2.30. The van der Waals surface area contributed by atoms with Crippen LogP contribution in [0.3, 0.4) is 0 Å². The van der Waals surface area contributed by atoms with Gasteiger partial charge in [-0.05, 0) is 122 Å². The van der Waals surface area contributed by atoms with Crippen LogP contribution in [0.2, 0.25) is 0 Å². The molecule has 0 saturated carbocycles. The lowest BCUT2D eigenvalue weighted by molar-refractivity contribution is -0.166. The van der Waals surface area contributed by atoms with Gasteiger partial charge in [0.2, 0.25) is 0 Å². The zero-order chi connectivity index (χ0) is 52.9.